The van der Waals surface area contributed by atoms with Gasteiger partial charge >= 0.3 is 5.69 Å². The van der Waals surface area contributed by atoms with Crippen LogP contribution in [0.1, 0.15) is 13.8 Å². The zero-order chi connectivity index (χ0) is 14.3. The Hall–Kier alpha value is -2.18. The number of rotatable bonds is 3. The minimum absolute atomic E-state index is 0.0449. The molecule has 2 rings (SSSR count). The fourth-order valence-corrected chi connectivity index (χ4v) is 1.96. The molecule has 1 unspecified atom stereocenters. The Morgan fingerprint density at radius 3 is 2.53 bits per heavy atom. The third-order valence-corrected chi connectivity index (χ3v) is 3.38. The van der Waals surface area contributed by atoms with Crippen molar-refractivity contribution in [2.75, 3.05) is 0 Å². The van der Waals surface area contributed by atoms with Crippen LogP contribution in [0.3, 0.4) is 0 Å². The topological polar surface area (TPSA) is 78.9 Å². The lowest BCUT2D eigenvalue weighted by molar-refractivity contribution is -0.120. The van der Waals surface area contributed by atoms with E-state index in [2.05, 4.69) is 4.98 Å². The Labute approximate surface area is 109 Å². The van der Waals surface area contributed by atoms with Crippen LogP contribution < -0.4 is 11.2 Å². The van der Waals surface area contributed by atoms with Crippen LogP contribution in [0.4, 0.5) is 0 Å². The van der Waals surface area contributed by atoms with Crippen LogP contribution in [0.2, 0.25) is 0 Å². The second-order valence-corrected chi connectivity index (χ2v) is 4.79. The molecule has 1 atom stereocenters. The molecular formula is C12H16N4O3. The largest absolute Gasteiger partial charge is 0.332 e. The van der Waals surface area contributed by atoms with Gasteiger partial charge in [-0.2, -0.15) is 0 Å². The Kier molecular flexibility index (Phi) is 3.13. The molecule has 2 aromatic rings. The van der Waals surface area contributed by atoms with E-state index in [9.17, 15) is 14.4 Å². The standard InChI is InChI=1S/C12H16N4O3/c1-7(8(2)17)5-16-6-13-10-9(16)11(18)15(4)12(19)14(10)3/h6-7H,5H2,1-4H3. The van der Waals surface area contributed by atoms with Crippen molar-refractivity contribution in [3.63, 3.8) is 0 Å². The second-order valence-electron chi connectivity index (χ2n) is 4.79. The molecule has 0 aliphatic rings. The smallest absolute Gasteiger partial charge is 0.324 e. The van der Waals surface area contributed by atoms with E-state index < -0.39 is 11.2 Å². The molecule has 102 valence electrons. The van der Waals surface area contributed by atoms with E-state index in [0.29, 0.717) is 17.7 Å². The van der Waals surface area contributed by atoms with E-state index in [1.807, 2.05) is 0 Å². The Morgan fingerprint density at radius 2 is 1.95 bits per heavy atom. The van der Waals surface area contributed by atoms with Gasteiger partial charge in [0.05, 0.1) is 6.33 Å². The fraction of sp³-hybridized carbons (Fsp3) is 0.500. The van der Waals surface area contributed by atoms with Crippen molar-refractivity contribution in [1.29, 1.82) is 0 Å². The first-order valence-corrected chi connectivity index (χ1v) is 5.96. The Morgan fingerprint density at radius 1 is 1.32 bits per heavy atom. The van der Waals surface area contributed by atoms with Gasteiger partial charge in [-0.3, -0.25) is 18.7 Å². The molecule has 0 amide bonds. The number of fused-ring (bicyclic) bond motifs is 1. The van der Waals surface area contributed by atoms with E-state index in [1.165, 1.54) is 24.9 Å². The van der Waals surface area contributed by atoms with Crippen molar-refractivity contribution >= 4 is 16.9 Å². The summed E-state index contributed by atoms with van der Waals surface area (Å²) in [6, 6.07) is 0. The SMILES string of the molecule is CC(=O)C(C)Cn1cnc2c1c(=O)n(C)c(=O)n2C. The predicted octanol–water partition coefficient (Wildman–Crippen LogP) is -0.341. The fourth-order valence-electron chi connectivity index (χ4n) is 1.96. The summed E-state index contributed by atoms with van der Waals surface area (Å²) >= 11 is 0. The van der Waals surface area contributed by atoms with Crippen LogP contribution in [-0.2, 0) is 25.4 Å². The van der Waals surface area contributed by atoms with Gasteiger partial charge in [0, 0.05) is 26.6 Å². The van der Waals surface area contributed by atoms with Crippen LogP contribution in [0.25, 0.3) is 11.2 Å². The van der Waals surface area contributed by atoms with E-state index in [1.54, 1.807) is 18.5 Å². The van der Waals surface area contributed by atoms with Gasteiger partial charge in [-0.15, -0.1) is 0 Å². The molecule has 0 fully saturated rings. The summed E-state index contributed by atoms with van der Waals surface area (Å²) in [5.74, 6) is -0.164. The Balaban J connectivity index is 2.70. The molecule has 2 aromatic heterocycles. The van der Waals surface area contributed by atoms with Crippen molar-refractivity contribution < 1.29 is 4.79 Å². The zero-order valence-corrected chi connectivity index (χ0v) is 11.4. The highest BCUT2D eigenvalue weighted by Gasteiger charge is 2.16. The van der Waals surface area contributed by atoms with Gasteiger partial charge in [-0.25, -0.2) is 9.78 Å². The average molecular weight is 264 g/mol. The van der Waals surface area contributed by atoms with Crippen LogP contribution >= 0.6 is 0 Å². The van der Waals surface area contributed by atoms with Gasteiger partial charge in [0.15, 0.2) is 11.2 Å². The van der Waals surface area contributed by atoms with E-state index in [-0.39, 0.29) is 11.7 Å². The average Bonchev–Trinajstić information content (AvgIpc) is 2.77. The van der Waals surface area contributed by atoms with Crippen molar-refractivity contribution in [1.82, 2.24) is 18.7 Å². The van der Waals surface area contributed by atoms with Crippen LogP contribution in [0.5, 0.6) is 0 Å². The second kappa shape index (κ2) is 4.49. The minimum atomic E-state index is -0.414. The summed E-state index contributed by atoms with van der Waals surface area (Å²) in [4.78, 5) is 39.3. The quantitative estimate of drug-likeness (QED) is 0.759. The lowest BCUT2D eigenvalue weighted by atomic mass is 10.1. The van der Waals surface area contributed by atoms with Gasteiger partial charge in [0.25, 0.3) is 5.56 Å². The molecule has 0 saturated heterocycles. The number of aromatic nitrogens is 4. The summed E-state index contributed by atoms with van der Waals surface area (Å²) in [6.07, 6.45) is 1.49. The summed E-state index contributed by atoms with van der Waals surface area (Å²) < 4.78 is 3.99. The number of carbonyl (C=O) groups is 1. The van der Waals surface area contributed by atoms with Gasteiger partial charge in [0.1, 0.15) is 5.78 Å². The maximum Gasteiger partial charge on any atom is 0.332 e. The molecule has 19 heavy (non-hydrogen) atoms. The highest BCUT2D eigenvalue weighted by Crippen LogP contribution is 2.09. The van der Waals surface area contributed by atoms with Gasteiger partial charge in [-0.05, 0) is 6.92 Å². The zero-order valence-electron chi connectivity index (χ0n) is 11.4. The Bertz CT molecular complexity index is 766. The predicted molar refractivity (Wildman–Crippen MR) is 70.1 cm³/mol. The van der Waals surface area contributed by atoms with Crippen LogP contribution in [0, 0.1) is 5.92 Å². The number of aryl methyl sites for hydroxylation is 1. The van der Waals surface area contributed by atoms with E-state index in [0.717, 1.165) is 4.57 Å². The van der Waals surface area contributed by atoms with E-state index >= 15 is 0 Å². The van der Waals surface area contributed by atoms with Gasteiger partial charge in [0.2, 0.25) is 0 Å². The number of hydrogen-bond acceptors (Lipinski definition) is 4. The lowest BCUT2D eigenvalue weighted by Crippen LogP contribution is -2.37. The number of hydrogen-bond donors (Lipinski definition) is 0. The summed E-state index contributed by atoms with van der Waals surface area (Å²) in [5.41, 5.74) is -0.129. The van der Waals surface area contributed by atoms with Crippen molar-refractivity contribution in [2.24, 2.45) is 20.0 Å². The molecule has 0 aromatic carbocycles. The summed E-state index contributed by atoms with van der Waals surface area (Å²) in [5, 5.41) is 0. The first kappa shape index (κ1) is 13.3. The normalized spacial score (nSPS) is 12.8. The molecule has 0 aliphatic heterocycles. The maximum absolute atomic E-state index is 12.1. The molecule has 2 heterocycles. The molecular weight excluding hydrogens is 248 g/mol. The van der Waals surface area contributed by atoms with Gasteiger partial charge in [-0.1, -0.05) is 6.92 Å². The maximum atomic E-state index is 12.1. The number of Topliss-reactive ketones (excluding diaryl/α,β-unsaturated/α-hetero) is 1. The molecule has 0 radical (unpaired) electrons. The van der Waals surface area contributed by atoms with Crippen molar-refractivity contribution in [2.45, 2.75) is 20.4 Å². The third-order valence-electron chi connectivity index (χ3n) is 3.38. The molecule has 7 nitrogen and oxygen atoms in total. The van der Waals surface area contributed by atoms with E-state index in [4.69, 9.17) is 0 Å². The molecule has 0 aliphatic carbocycles. The first-order valence-electron chi connectivity index (χ1n) is 5.96. The first-order chi connectivity index (χ1) is 8.84. The monoisotopic (exact) mass is 264 g/mol. The molecule has 0 saturated carbocycles. The van der Waals surface area contributed by atoms with Crippen LogP contribution in [-0.4, -0.2) is 24.5 Å². The molecule has 0 N–H and O–H groups in total. The van der Waals surface area contributed by atoms with Crippen LogP contribution in [0.15, 0.2) is 15.9 Å². The number of ketones is 1. The summed E-state index contributed by atoms with van der Waals surface area (Å²) in [7, 11) is 2.99. The highest BCUT2D eigenvalue weighted by atomic mass is 16.2. The number of imidazole rings is 1. The highest BCUT2D eigenvalue weighted by molar-refractivity contribution is 5.78. The van der Waals surface area contributed by atoms with Crippen molar-refractivity contribution in [3.05, 3.63) is 27.2 Å². The number of carbonyl (C=O) groups excluding carboxylic acids is 1. The van der Waals surface area contributed by atoms with Crippen molar-refractivity contribution in [3.8, 4) is 0 Å². The molecule has 0 spiro atoms. The number of nitrogens with zero attached hydrogens (tertiary/aromatic N) is 4. The lowest BCUT2D eigenvalue weighted by Gasteiger charge is -2.10. The molecule has 0 bridgehead atoms. The molecule has 7 heteroatoms. The van der Waals surface area contributed by atoms with Gasteiger partial charge < -0.3 is 4.57 Å². The third kappa shape index (κ3) is 2.00. The summed E-state index contributed by atoms with van der Waals surface area (Å²) in [6.45, 7) is 3.68. The minimum Gasteiger partial charge on any atom is -0.324 e.